The second-order valence-corrected chi connectivity index (χ2v) is 5.05. The van der Waals surface area contributed by atoms with Crippen molar-refractivity contribution in [3.8, 4) is 0 Å². The summed E-state index contributed by atoms with van der Waals surface area (Å²) < 4.78 is 5.37. The number of aromatic nitrogens is 1. The van der Waals surface area contributed by atoms with Gasteiger partial charge in [-0.05, 0) is 43.9 Å². The van der Waals surface area contributed by atoms with Gasteiger partial charge < -0.3 is 10.1 Å². The van der Waals surface area contributed by atoms with E-state index >= 15 is 0 Å². The zero-order valence-electron chi connectivity index (χ0n) is 11.1. The first-order valence-electron chi connectivity index (χ1n) is 7.13. The molecule has 100 valence electrons. The Kier molecular flexibility index (Phi) is 6.17. The van der Waals surface area contributed by atoms with Crippen molar-refractivity contribution in [1.82, 2.24) is 10.3 Å². The zero-order valence-corrected chi connectivity index (χ0v) is 11.1. The first kappa shape index (κ1) is 13.5. The largest absolute Gasteiger partial charge is 0.381 e. The maximum absolute atomic E-state index is 5.37. The molecule has 1 aromatic rings. The summed E-state index contributed by atoms with van der Waals surface area (Å²) >= 11 is 0. The molecule has 18 heavy (non-hydrogen) atoms. The standard InChI is InChI=1S/C15H24N2O/c1(5-14-7-11-18-12-8-14)3-9-16-13-15-6-2-4-10-17-15/h2,4,6,10,14,16H,1,3,5,7-9,11-13H2. The van der Waals surface area contributed by atoms with Crippen LogP contribution in [0, 0.1) is 5.92 Å². The van der Waals surface area contributed by atoms with Crippen LogP contribution in [0.25, 0.3) is 0 Å². The van der Waals surface area contributed by atoms with E-state index in [1.807, 2.05) is 18.3 Å². The third-order valence-electron chi connectivity index (χ3n) is 3.59. The summed E-state index contributed by atoms with van der Waals surface area (Å²) in [4.78, 5) is 4.29. The normalized spacial score (nSPS) is 16.9. The highest BCUT2D eigenvalue weighted by Crippen LogP contribution is 2.20. The molecule has 3 nitrogen and oxygen atoms in total. The summed E-state index contributed by atoms with van der Waals surface area (Å²) in [5.41, 5.74) is 1.13. The Morgan fingerprint density at radius 2 is 2.11 bits per heavy atom. The van der Waals surface area contributed by atoms with E-state index in [-0.39, 0.29) is 0 Å². The van der Waals surface area contributed by atoms with Crippen LogP contribution in [0.3, 0.4) is 0 Å². The van der Waals surface area contributed by atoms with E-state index in [0.29, 0.717) is 0 Å². The third-order valence-corrected chi connectivity index (χ3v) is 3.59. The van der Waals surface area contributed by atoms with E-state index in [1.165, 1.54) is 32.1 Å². The van der Waals surface area contributed by atoms with Crippen LogP contribution in [0.5, 0.6) is 0 Å². The summed E-state index contributed by atoms with van der Waals surface area (Å²) in [5.74, 6) is 0.912. The molecule has 0 bridgehead atoms. The van der Waals surface area contributed by atoms with Crippen molar-refractivity contribution in [2.75, 3.05) is 19.8 Å². The fourth-order valence-electron chi connectivity index (χ4n) is 2.44. The van der Waals surface area contributed by atoms with Crippen LogP contribution in [-0.4, -0.2) is 24.7 Å². The predicted octanol–water partition coefficient (Wildman–Crippen LogP) is 2.77. The van der Waals surface area contributed by atoms with E-state index in [4.69, 9.17) is 4.74 Å². The molecule has 0 aromatic carbocycles. The highest BCUT2D eigenvalue weighted by atomic mass is 16.5. The number of hydrogen-bond acceptors (Lipinski definition) is 3. The number of pyridine rings is 1. The Morgan fingerprint density at radius 3 is 2.89 bits per heavy atom. The quantitative estimate of drug-likeness (QED) is 0.753. The molecular weight excluding hydrogens is 224 g/mol. The van der Waals surface area contributed by atoms with Crippen LogP contribution in [0.1, 0.15) is 37.8 Å². The SMILES string of the molecule is c1ccc(CNCCCCC2CCOCC2)nc1. The van der Waals surface area contributed by atoms with Gasteiger partial charge in [0.25, 0.3) is 0 Å². The second kappa shape index (κ2) is 8.22. The first-order chi connectivity index (χ1) is 8.95. The molecule has 1 fully saturated rings. The van der Waals surface area contributed by atoms with Gasteiger partial charge in [0, 0.05) is 26.0 Å². The Balaban J connectivity index is 1.46. The number of nitrogens with zero attached hydrogens (tertiary/aromatic N) is 1. The molecule has 1 saturated heterocycles. The molecule has 1 aliphatic rings. The van der Waals surface area contributed by atoms with Crippen LogP contribution in [0.15, 0.2) is 24.4 Å². The number of nitrogens with one attached hydrogen (secondary N) is 1. The molecule has 0 atom stereocenters. The molecule has 2 rings (SSSR count). The maximum Gasteiger partial charge on any atom is 0.0541 e. The molecule has 0 unspecified atom stereocenters. The second-order valence-electron chi connectivity index (χ2n) is 5.05. The van der Waals surface area contributed by atoms with Crippen LogP contribution < -0.4 is 5.32 Å². The molecule has 1 N–H and O–H groups in total. The topological polar surface area (TPSA) is 34.1 Å². The van der Waals surface area contributed by atoms with Gasteiger partial charge in [-0.25, -0.2) is 0 Å². The Morgan fingerprint density at radius 1 is 1.22 bits per heavy atom. The fourth-order valence-corrected chi connectivity index (χ4v) is 2.44. The van der Waals surface area contributed by atoms with E-state index in [1.54, 1.807) is 0 Å². The van der Waals surface area contributed by atoms with Crippen LogP contribution in [-0.2, 0) is 11.3 Å². The fraction of sp³-hybridized carbons (Fsp3) is 0.667. The number of unbranched alkanes of at least 4 members (excludes halogenated alkanes) is 1. The lowest BCUT2D eigenvalue weighted by atomic mass is 9.94. The number of ether oxygens (including phenoxy) is 1. The lowest BCUT2D eigenvalue weighted by molar-refractivity contribution is 0.0631. The Bertz CT molecular complexity index is 310. The summed E-state index contributed by atoms with van der Waals surface area (Å²) in [6, 6.07) is 6.06. The van der Waals surface area contributed by atoms with Crippen molar-refractivity contribution in [3.05, 3.63) is 30.1 Å². The van der Waals surface area contributed by atoms with E-state index < -0.39 is 0 Å². The summed E-state index contributed by atoms with van der Waals surface area (Å²) in [7, 11) is 0. The molecule has 0 spiro atoms. The Labute approximate surface area is 110 Å². The van der Waals surface area contributed by atoms with E-state index in [0.717, 1.165) is 37.9 Å². The summed E-state index contributed by atoms with van der Waals surface area (Å²) in [6.45, 7) is 3.93. The molecule has 0 aliphatic carbocycles. The molecule has 3 heteroatoms. The highest BCUT2D eigenvalue weighted by molar-refractivity contribution is 5.02. The van der Waals surface area contributed by atoms with Crippen molar-refractivity contribution in [1.29, 1.82) is 0 Å². The van der Waals surface area contributed by atoms with Crippen molar-refractivity contribution in [3.63, 3.8) is 0 Å². The van der Waals surface area contributed by atoms with Gasteiger partial charge in [0.05, 0.1) is 5.69 Å². The molecule has 0 saturated carbocycles. The minimum Gasteiger partial charge on any atom is -0.381 e. The van der Waals surface area contributed by atoms with Crippen LogP contribution in [0.4, 0.5) is 0 Å². The van der Waals surface area contributed by atoms with Crippen LogP contribution >= 0.6 is 0 Å². The van der Waals surface area contributed by atoms with Gasteiger partial charge in [0.2, 0.25) is 0 Å². The molecule has 1 aromatic heterocycles. The van der Waals surface area contributed by atoms with E-state index in [2.05, 4.69) is 16.4 Å². The molecule has 1 aliphatic heterocycles. The monoisotopic (exact) mass is 248 g/mol. The molecular formula is C15H24N2O. The lowest BCUT2D eigenvalue weighted by Crippen LogP contribution is -2.17. The summed E-state index contributed by atoms with van der Waals surface area (Å²) in [6.07, 6.45) is 8.35. The third kappa shape index (κ3) is 5.15. The zero-order chi connectivity index (χ0) is 12.5. The average molecular weight is 248 g/mol. The van der Waals surface area contributed by atoms with Gasteiger partial charge in [0.1, 0.15) is 0 Å². The molecule has 0 radical (unpaired) electrons. The van der Waals surface area contributed by atoms with Crippen molar-refractivity contribution in [2.24, 2.45) is 5.92 Å². The number of rotatable bonds is 7. The van der Waals surface area contributed by atoms with Crippen LogP contribution in [0.2, 0.25) is 0 Å². The van der Waals surface area contributed by atoms with Gasteiger partial charge in [-0.2, -0.15) is 0 Å². The van der Waals surface area contributed by atoms with Gasteiger partial charge in [-0.3, -0.25) is 4.98 Å². The van der Waals surface area contributed by atoms with Crippen molar-refractivity contribution in [2.45, 2.75) is 38.6 Å². The van der Waals surface area contributed by atoms with Gasteiger partial charge in [-0.15, -0.1) is 0 Å². The minimum absolute atomic E-state index is 0.887. The smallest absolute Gasteiger partial charge is 0.0541 e. The van der Waals surface area contributed by atoms with Gasteiger partial charge >= 0.3 is 0 Å². The van der Waals surface area contributed by atoms with Crippen molar-refractivity contribution >= 4 is 0 Å². The lowest BCUT2D eigenvalue weighted by Gasteiger charge is -2.21. The molecule has 2 heterocycles. The maximum atomic E-state index is 5.37. The number of hydrogen-bond donors (Lipinski definition) is 1. The highest BCUT2D eigenvalue weighted by Gasteiger charge is 2.12. The minimum atomic E-state index is 0.887. The first-order valence-corrected chi connectivity index (χ1v) is 7.13. The van der Waals surface area contributed by atoms with Crippen molar-refractivity contribution < 1.29 is 4.74 Å². The van der Waals surface area contributed by atoms with Gasteiger partial charge in [0.15, 0.2) is 0 Å². The Hall–Kier alpha value is -0.930. The predicted molar refractivity (Wildman–Crippen MR) is 73.3 cm³/mol. The van der Waals surface area contributed by atoms with E-state index in [9.17, 15) is 0 Å². The van der Waals surface area contributed by atoms with Gasteiger partial charge in [-0.1, -0.05) is 18.9 Å². The average Bonchev–Trinajstić information content (AvgIpc) is 2.45. The summed E-state index contributed by atoms with van der Waals surface area (Å²) in [5, 5.41) is 3.45. The molecule has 0 amide bonds.